The van der Waals surface area contributed by atoms with Gasteiger partial charge in [0.25, 0.3) is 5.91 Å². The molecule has 2 fully saturated rings. The fourth-order valence-corrected chi connectivity index (χ4v) is 3.15. The lowest BCUT2D eigenvalue weighted by Gasteiger charge is -2.26. The molecule has 2 aliphatic rings. The van der Waals surface area contributed by atoms with Crippen molar-refractivity contribution in [3.63, 3.8) is 0 Å². The van der Waals surface area contributed by atoms with Crippen molar-refractivity contribution in [2.45, 2.75) is 18.5 Å². The molecular weight excluding hydrogens is 262 g/mol. The van der Waals surface area contributed by atoms with Crippen LogP contribution in [0.3, 0.4) is 0 Å². The Morgan fingerprint density at radius 2 is 2.16 bits per heavy atom. The molecule has 2 unspecified atom stereocenters. The summed E-state index contributed by atoms with van der Waals surface area (Å²) in [5.41, 5.74) is 1.74. The first kappa shape index (κ1) is 12.5. The summed E-state index contributed by atoms with van der Waals surface area (Å²) in [6, 6.07) is 10.8. The molecule has 0 saturated carbocycles. The summed E-state index contributed by atoms with van der Waals surface area (Å²) in [4.78, 5) is 17.7. The molecule has 4 nitrogen and oxygen atoms in total. The smallest absolute Gasteiger partial charge is 0.270 e. The molecule has 1 aromatic heterocycles. The van der Waals surface area contributed by atoms with Gasteiger partial charge in [0.2, 0.25) is 0 Å². The number of para-hydroxylation sites is 1. The lowest BCUT2D eigenvalue weighted by molar-refractivity contribution is 0.0711. The number of H-pyrrole nitrogens is 1. The number of amides is 1. The van der Waals surface area contributed by atoms with E-state index in [2.05, 4.69) is 10.3 Å². The number of aromatic nitrogens is 1. The summed E-state index contributed by atoms with van der Waals surface area (Å²) < 4.78 is 0. The van der Waals surface area contributed by atoms with Gasteiger partial charge in [-0.25, -0.2) is 0 Å². The van der Waals surface area contributed by atoms with Crippen LogP contribution in [-0.2, 0) is 0 Å². The van der Waals surface area contributed by atoms with Gasteiger partial charge in [0, 0.05) is 36.1 Å². The first-order valence-corrected chi connectivity index (χ1v) is 6.43. The summed E-state index contributed by atoms with van der Waals surface area (Å²) in [7, 11) is 0. The van der Waals surface area contributed by atoms with Gasteiger partial charge in [-0.2, -0.15) is 0 Å². The molecule has 2 aliphatic heterocycles. The Hall–Kier alpha value is -1.52. The number of nitrogens with one attached hydrogen (secondary N) is 2. The van der Waals surface area contributed by atoms with Gasteiger partial charge in [-0.3, -0.25) is 4.79 Å². The molecule has 4 rings (SSSR count). The second kappa shape index (κ2) is 4.54. The average Bonchev–Trinajstić information content (AvgIpc) is 3.11. The minimum atomic E-state index is 0. The second-order valence-electron chi connectivity index (χ2n) is 5.22. The minimum Gasteiger partial charge on any atom is -0.351 e. The van der Waals surface area contributed by atoms with Gasteiger partial charge in [0.05, 0.1) is 0 Å². The predicted molar refractivity (Wildman–Crippen MR) is 76.8 cm³/mol. The highest BCUT2D eigenvalue weighted by Gasteiger charge is 2.40. The Morgan fingerprint density at radius 3 is 2.84 bits per heavy atom. The molecule has 0 spiro atoms. The number of aromatic amines is 1. The van der Waals surface area contributed by atoms with Crippen molar-refractivity contribution < 1.29 is 4.79 Å². The standard InChI is InChI=1S/C14H15N3O.ClH/c18-14(17-8-10-6-11(17)7-15-10)13-5-9-3-1-2-4-12(9)16-13;/h1-5,10-11,15-16H,6-8H2;1H. The van der Waals surface area contributed by atoms with Crippen LogP contribution in [0, 0.1) is 0 Å². The monoisotopic (exact) mass is 277 g/mol. The maximum Gasteiger partial charge on any atom is 0.270 e. The van der Waals surface area contributed by atoms with Crippen LogP contribution in [0.25, 0.3) is 10.9 Å². The summed E-state index contributed by atoms with van der Waals surface area (Å²) >= 11 is 0. The fraction of sp³-hybridized carbons (Fsp3) is 0.357. The van der Waals surface area contributed by atoms with Gasteiger partial charge in [-0.15, -0.1) is 12.4 Å². The van der Waals surface area contributed by atoms with Crippen molar-refractivity contribution in [3.8, 4) is 0 Å². The molecule has 100 valence electrons. The van der Waals surface area contributed by atoms with E-state index in [0.29, 0.717) is 17.8 Å². The van der Waals surface area contributed by atoms with E-state index in [0.717, 1.165) is 30.4 Å². The third-order valence-electron chi connectivity index (χ3n) is 4.08. The minimum absolute atomic E-state index is 0. The van der Waals surface area contributed by atoms with Crippen LogP contribution >= 0.6 is 12.4 Å². The van der Waals surface area contributed by atoms with E-state index in [-0.39, 0.29) is 18.3 Å². The number of fused-ring (bicyclic) bond motifs is 3. The quantitative estimate of drug-likeness (QED) is 0.835. The zero-order valence-corrected chi connectivity index (χ0v) is 11.2. The van der Waals surface area contributed by atoms with E-state index >= 15 is 0 Å². The third kappa shape index (κ3) is 1.91. The van der Waals surface area contributed by atoms with E-state index in [1.165, 1.54) is 0 Å². The van der Waals surface area contributed by atoms with Crippen molar-refractivity contribution in [2.24, 2.45) is 0 Å². The number of hydrogen-bond acceptors (Lipinski definition) is 2. The topological polar surface area (TPSA) is 48.1 Å². The molecule has 19 heavy (non-hydrogen) atoms. The largest absolute Gasteiger partial charge is 0.351 e. The number of benzene rings is 1. The number of carbonyl (C=O) groups is 1. The molecule has 2 atom stereocenters. The Balaban J connectivity index is 0.00000110. The van der Waals surface area contributed by atoms with Gasteiger partial charge < -0.3 is 15.2 Å². The summed E-state index contributed by atoms with van der Waals surface area (Å²) in [6.07, 6.45) is 1.10. The van der Waals surface area contributed by atoms with Crippen LogP contribution in [0.4, 0.5) is 0 Å². The SMILES string of the molecule is Cl.O=C(c1cc2ccccc2[nH]1)N1CC2CC1CN2. The van der Waals surface area contributed by atoms with Gasteiger partial charge in [-0.05, 0) is 18.6 Å². The summed E-state index contributed by atoms with van der Waals surface area (Å²) in [5.74, 6) is 0.139. The number of halogens is 1. The molecule has 2 aromatic rings. The number of hydrogen-bond donors (Lipinski definition) is 2. The zero-order valence-electron chi connectivity index (χ0n) is 10.4. The molecule has 0 aliphatic carbocycles. The van der Waals surface area contributed by atoms with Crippen molar-refractivity contribution in [2.75, 3.05) is 13.1 Å². The number of nitrogens with zero attached hydrogens (tertiary/aromatic N) is 1. The normalized spacial score (nSPS) is 24.7. The van der Waals surface area contributed by atoms with Crippen LogP contribution in [0.2, 0.25) is 0 Å². The molecule has 2 saturated heterocycles. The van der Waals surface area contributed by atoms with Crippen LogP contribution in [0.1, 0.15) is 16.9 Å². The van der Waals surface area contributed by atoms with Crippen LogP contribution in [0.15, 0.2) is 30.3 Å². The average molecular weight is 278 g/mol. The van der Waals surface area contributed by atoms with Crippen LogP contribution < -0.4 is 5.32 Å². The second-order valence-corrected chi connectivity index (χ2v) is 5.22. The summed E-state index contributed by atoms with van der Waals surface area (Å²) in [5, 5.41) is 4.52. The van der Waals surface area contributed by atoms with Crippen LogP contribution in [0.5, 0.6) is 0 Å². The molecule has 2 bridgehead atoms. The first-order valence-electron chi connectivity index (χ1n) is 6.43. The molecular formula is C14H16ClN3O. The number of likely N-dealkylation sites (tertiary alicyclic amines) is 1. The third-order valence-corrected chi connectivity index (χ3v) is 4.08. The van der Waals surface area contributed by atoms with Gasteiger partial charge in [-0.1, -0.05) is 18.2 Å². The van der Waals surface area contributed by atoms with E-state index < -0.39 is 0 Å². The van der Waals surface area contributed by atoms with E-state index in [9.17, 15) is 4.79 Å². The van der Waals surface area contributed by atoms with Crippen molar-refractivity contribution >= 4 is 29.2 Å². The van der Waals surface area contributed by atoms with Gasteiger partial charge in [0.15, 0.2) is 0 Å². The van der Waals surface area contributed by atoms with Crippen molar-refractivity contribution in [1.29, 1.82) is 0 Å². The molecule has 2 N–H and O–H groups in total. The van der Waals surface area contributed by atoms with Crippen molar-refractivity contribution in [3.05, 3.63) is 36.0 Å². The van der Waals surface area contributed by atoms with Gasteiger partial charge >= 0.3 is 0 Å². The zero-order chi connectivity index (χ0) is 12.1. The molecule has 5 heteroatoms. The Kier molecular flexibility index (Phi) is 2.99. The Labute approximate surface area is 117 Å². The molecule has 3 heterocycles. The van der Waals surface area contributed by atoms with E-state index in [4.69, 9.17) is 0 Å². The number of piperazine rings is 1. The Morgan fingerprint density at radius 1 is 1.32 bits per heavy atom. The summed E-state index contributed by atoms with van der Waals surface area (Å²) in [6.45, 7) is 1.79. The van der Waals surface area contributed by atoms with Crippen molar-refractivity contribution in [1.82, 2.24) is 15.2 Å². The number of rotatable bonds is 1. The predicted octanol–water partition coefficient (Wildman–Crippen LogP) is 1.78. The highest BCUT2D eigenvalue weighted by Crippen LogP contribution is 2.25. The van der Waals surface area contributed by atoms with E-state index in [1.807, 2.05) is 35.2 Å². The Bertz CT molecular complexity index is 591. The van der Waals surface area contributed by atoms with E-state index in [1.54, 1.807) is 0 Å². The lowest BCUT2D eigenvalue weighted by Crippen LogP contribution is -2.46. The molecule has 1 amide bonds. The molecule has 1 aromatic carbocycles. The highest BCUT2D eigenvalue weighted by atomic mass is 35.5. The lowest BCUT2D eigenvalue weighted by atomic mass is 10.2. The van der Waals surface area contributed by atoms with Crippen LogP contribution in [-0.4, -0.2) is 41.0 Å². The maximum atomic E-state index is 12.5. The first-order chi connectivity index (χ1) is 8.81. The fourth-order valence-electron chi connectivity index (χ4n) is 3.15. The van der Waals surface area contributed by atoms with Gasteiger partial charge in [0.1, 0.15) is 5.69 Å². The highest BCUT2D eigenvalue weighted by molar-refractivity contribution is 5.98. The number of carbonyl (C=O) groups excluding carboxylic acids is 1. The molecule has 0 radical (unpaired) electrons. The maximum absolute atomic E-state index is 12.5.